The van der Waals surface area contributed by atoms with Crippen molar-refractivity contribution in [2.45, 2.75) is 19.8 Å². The van der Waals surface area contributed by atoms with Crippen LogP contribution in [0.2, 0.25) is 0 Å². The molecule has 0 spiro atoms. The number of carbonyl (C=O) groups excluding carboxylic acids is 1. The summed E-state index contributed by atoms with van der Waals surface area (Å²) >= 11 is 1.34. The van der Waals surface area contributed by atoms with E-state index in [4.69, 9.17) is 10.5 Å². The first-order valence-corrected chi connectivity index (χ1v) is 9.41. The maximum absolute atomic E-state index is 12.5. The smallest absolute Gasteiger partial charge is 0.348 e. The van der Waals surface area contributed by atoms with Crippen LogP contribution in [0.3, 0.4) is 0 Å². The Hall–Kier alpha value is -2.51. The summed E-state index contributed by atoms with van der Waals surface area (Å²) in [5.74, 6) is 0.426. The van der Waals surface area contributed by atoms with E-state index in [1.807, 2.05) is 37.3 Å². The van der Waals surface area contributed by atoms with E-state index in [2.05, 4.69) is 15.3 Å². The number of ether oxygens (including phenoxy) is 1. The summed E-state index contributed by atoms with van der Waals surface area (Å²) in [5.41, 5.74) is 7.53. The third kappa shape index (κ3) is 4.17. The minimum atomic E-state index is -0.311. The number of aryl methyl sites for hydroxylation is 1. The van der Waals surface area contributed by atoms with E-state index >= 15 is 0 Å². The maximum atomic E-state index is 12.5. The van der Waals surface area contributed by atoms with Crippen molar-refractivity contribution in [2.24, 2.45) is 5.73 Å². The minimum absolute atomic E-state index is 0.311. The summed E-state index contributed by atoms with van der Waals surface area (Å²) in [6.45, 7) is 3.60. The average molecular weight is 370 g/mol. The topological polar surface area (TPSA) is 90.1 Å². The maximum Gasteiger partial charge on any atom is 0.348 e. The Bertz CT molecular complexity index is 880. The summed E-state index contributed by atoms with van der Waals surface area (Å²) < 4.78 is 5.47. The Morgan fingerprint density at radius 1 is 1.27 bits per heavy atom. The molecule has 0 unspecified atom stereocenters. The van der Waals surface area contributed by atoms with Crippen LogP contribution in [0.4, 0.5) is 5.82 Å². The normalized spacial score (nSPS) is 10.8. The molecule has 0 bridgehead atoms. The average Bonchev–Trinajstić information content (AvgIpc) is 3.00. The Morgan fingerprint density at radius 3 is 2.85 bits per heavy atom. The van der Waals surface area contributed by atoms with E-state index in [-0.39, 0.29) is 5.97 Å². The van der Waals surface area contributed by atoms with Gasteiger partial charge in [0.2, 0.25) is 0 Å². The summed E-state index contributed by atoms with van der Waals surface area (Å²) in [4.78, 5) is 22.5. The quantitative estimate of drug-likeness (QED) is 0.468. The fraction of sp³-hybridized carbons (Fsp3) is 0.316. The number of hydrogen-bond donors (Lipinski definition) is 2. The standard InChI is InChI=1S/C19H22N4O2S/c1-13-15-17(21-10-5-9-20)22-12-23-18(15)26-16(13)19(24)25-11-8-14-6-3-2-4-7-14/h2-4,6-7,12H,5,8-11,20H2,1H3,(H,21,22,23). The Labute approximate surface area is 156 Å². The summed E-state index contributed by atoms with van der Waals surface area (Å²) in [5, 5.41) is 4.15. The number of nitrogens with zero attached hydrogens (tertiary/aromatic N) is 2. The lowest BCUT2D eigenvalue weighted by Gasteiger charge is -2.06. The SMILES string of the molecule is Cc1c(C(=O)OCCc2ccccc2)sc2ncnc(NCCCN)c12. The second-order valence-electron chi connectivity index (χ2n) is 5.90. The molecule has 0 radical (unpaired) electrons. The number of benzene rings is 1. The van der Waals surface area contributed by atoms with Crippen molar-refractivity contribution in [3.8, 4) is 0 Å². The van der Waals surface area contributed by atoms with E-state index in [1.54, 1.807) is 0 Å². The molecule has 3 rings (SSSR count). The largest absolute Gasteiger partial charge is 0.461 e. The van der Waals surface area contributed by atoms with Crippen LogP contribution in [0.5, 0.6) is 0 Å². The number of carbonyl (C=O) groups is 1. The zero-order valence-electron chi connectivity index (χ0n) is 14.7. The van der Waals surface area contributed by atoms with Gasteiger partial charge in [0.15, 0.2) is 0 Å². The number of hydrogen-bond acceptors (Lipinski definition) is 7. The lowest BCUT2D eigenvalue weighted by molar-refractivity contribution is 0.0514. The molecule has 0 atom stereocenters. The molecule has 2 aromatic heterocycles. The molecule has 0 amide bonds. The molecule has 0 saturated carbocycles. The van der Waals surface area contributed by atoms with Crippen molar-refractivity contribution < 1.29 is 9.53 Å². The van der Waals surface area contributed by atoms with E-state index in [0.29, 0.717) is 24.4 Å². The number of esters is 1. The molecule has 6 nitrogen and oxygen atoms in total. The number of nitrogens with one attached hydrogen (secondary N) is 1. The van der Waals surface area contributed by atoms with E-state index in [1.165, 1.54) is 17.7 Å². The zero-order valence-corrected chi connectivity index (χ0v) is 15.5. The first-order chi connectivity index (χ1) is 12.7. The molecule has 3 N–H and O–H groups in total. The molecular weight excluding hydrogens is 348 g/mol. The first kappa shape index (κ1) is 18.3. The Morgan fingerprint density at radius 2 is 2.08 bits per heavy atom. The highest BCUT2D eigenvalue weighted by molar-refractivity contribution is 7.20. The van der Waals surface area contributed by atoms with E-state index in [0.717, 1.165) is 40.1 Å². The predicted molar refractivity (Wildman–Crippen MR) is 105 cm³/mol. The molecule has 0 fully saturated rings. The number of nitrogens with two attached hydrogens (primary N) is 1. The highest BCUT2D eigenvalue weighted by Gasteiger charge is 2.20. The van der Waals surface area contributed by atoms with Gasteiger partial charge in [-0.05, 0) is 31.0 Å². The second kappa shape index (κ2) is 8.73. The molecule has 2 heterocycles. The predicted octanol–water partition coefficient (Wildman–Crippen LogP) is 3.16. The van der Waals surface area contributed by atoms with E-state index in [9.17, 15) is 4.79 Å². The number of rotatable bonds is 8. The van der Waals surface area contributed by atoms with Crippen molar-refractivity contribution in [3.05, 3.63) is 52.7 Å². The zero-order chi connectivity index (χ0) is 18.4. The van der Waals surface area contributed by atoms with Crippen LogP contribution in [-0.2, 0) is 11.2 Å². The van der Waals surface area contributed by atoms with Crippen molar-refractivity contribution >= 4 is 33.3 Å². The van der Waals surface area contributed by atoms with E-state index < -0.39 is 0 Å². The van der Waals surface area contributed by atoms with Gasteiger partial charge in [-0.25, -0.2) is 14.8 Å². The summed E-state index contributed by atoms with van der Waals surface area (Å²) in [7, 11) is 0. The second-order valence-corrected chi connectivity index (χ2v) is 6.90. The van der Waals surface area contributed by atoms with Gasteiger partial charge < -0.3 is 15.8 Å². The van der Waals surface area contributed by atoms with Gasteiger partial charge in [0.05, 0.1) is 12.0 Å². The van der Waals surface area contributed by atoms with Crippen LogP contribution < -0.4 is 11.1 Å². The van der Waals surface area contributed by atoms with Crippen molar-refractivity contribution in [1.82, 2.24) is 9.97 Å². The molecule has 0 aliphatic carbocycles. The number of thiophene rings is 1. The molecule has 26 heavy (non-hydrogen) atoms. The molecule has 0 aliphatic heterocycles. The van der Waals surface area contributed by atoms with Gasteiger partial charge >= 0.3 is 5.97 Å². The van der Waals surface area contributed by atoms with Crippen molar-refractivity contribution in [1.29, 1.82) is 0 Å². The van der Waals surface area contributed by atoms with Gasteiger partial charge in [-0.15, -0.1) is 11.3 Å². The minimum Gasteiger partial charge on any atom is -0.461 e. The first-order valence-electron chi connectivity index (χ1n) is 8.59. The van der Waals surface area contributed by atoms with Gasteiger partial charge in [0.1, 0.15) is 21.9 Å². The molecule has 3 aromatic rings. The molecule has 0 aliphatic rings. The van der Waals surface area contributed by atoms with Crippen LogP contribution in [0, 0.1) is 6.92 Å². The summed E-state index contributed by atoms with van der Waals surface area (Å²) in [6, 6.07) is 9.97. The molecular formula is C19H22N4O2S. The monoisotopic (exact) mass is 370 g/mol. The van der Waals surface area contributed by atoms with Crippen LogP contribution in [-0.4, -0.2) is 35.6 Å². The fourth-order valence-electron chi connectivity index (χ4n) is 2.68. The molecule has 136 valence electrons. The van der Waals surface area contributed by atoms with Gasteiger partial charge in [-0.1, -0.05) is 30.3 Å². The number of fused-ring (bicyclic) bond motifs is 1. The number of aromatic nitrogens is 2. The molecule has 1 aromatic carbocycles. The Kier molecular flexibility index (Phi) is 6.14. The summed E-state index contributed by atoms with van der Waals surface area (Å²) in [6.07, 6.45) is 3.05. The van der Waals surface area contributed by atoms with Gasteiger partial charge in [-0.2, -0.15) is 0 Å². The van der Waals surface area contributed by atoms with Crippen LogP contribution in [0.25, 0.3) is 10.2 Å². The van der Waals surface area contributed by atoms with Crippen LogP contribution >= 0.6 is 11.3 Å². The van der Waals surface area contributed by atoms with Crippen LogP contribution in [0.15, 0.2) is 36.7 Å². The third-order valence-corrected chi connectivity index (χ3v) is 5.23. The van der Waals surface area contributed by atoms with Gasteiger partial charge in [0, 0.05) is 13.0 Å². The lowest BCUT2D eigenvalue weighted by atomic mass is 10.2. The molecule has 0 saturated heterocycles. The van der Waals surface area contributed by atoms with Gasteiger partial charge in [0.25, 0.3) is 0 Å². The van der Waals surface area contributed by atoms with Crippen LogP contribution in [0.1, 0.15) is 27.2 Å². The highest BCUT2D eigenvalue weighted by Crippen LogP contribution is 2.33. The Balaban J connectivity index is 1.72. The van der Waals surface area contributed by atoms with Gasteiger partial charge in [-0.3, -0.25) is 0 Å². The number of anilines is 1. The lowest BCUT2D eigenvalue weighted by Crippen LogP contribution is -2.10. The van der Waals surface area contributed by atoms with Crippen molar-refractivity contribution in [3.63, 3.8) is 0 Å². The molecule has 7 heteroatoms. The fourth-order valence-corrected chi connectivity index (χ4v) is 3.72. The highest BCUT2D eigenvalue weighted by atomic mass is 32.1. The van der Waals surface area contributed by atoms with Crippen molar-refractivity contribution in [2.75, 3.05) is 25.0 Å². The third-order valence-electron chi connectivity index (χ3n) is 4.05.